The first-order valence-corrected chi connectivity index (χ1v) is 9.44. The van der Waals surface area contributed by atoms with E-state index in [4.69, 9.17) is 4.98 Å². The van der Waals surface area contributed by atoms with E-state index >= 15 is 0 Å². The lowest BCUT2D eigenvalue weighted by Crippen LogP contribution is -2.43. The monoisotopic (exact) mass is 375 g/mol. The van der Waals surface area contributed by atoms with Crippen molar-refractivity contribution in [3.63, 3.8) is 0 Å². The van der Waals surface area contributed by atoms with E-state index in [1.165, 1.54) is 0 Å². The molecule has 0 saturated heterocycles. The highest BCUT2D eigenvalue weighted by molar-refractivity contribution is 5.75. The second kappa shape index (κ2) is 6.40. The van der Waals surface area contributed by atoms with Gasteiger partial charge in [-0.25, -0.2) is 9.67 Å². The molecule has 1 saturated carbocycles. The van der Waals surface area contributed by atoms with Gasteiger partial charge in [0, 0.05) is 37.5 Å². The number of hydrogen-bond donors (Lipinski definition) is 1. The van der Waals surface area contributed by atoms with Gasteiger partial charge in [0.1, 0.15) is 17.4 Å². The summed E-state index contributed by atoms with van der Waals surface area (Å²) in [6.07, 6.45) is 13.0. The summed E-state index contributed by atoms with van der Waals surface area (Å²) in [4.78, 5) is 31.5. The molecule has 8 heteroatoms. The van der Waals surface area contributed by atoms with Crippen LogP contribution in [0.2, 0.25) is 0 Å². The first-order valence-electron chi connectivity index (χ1n) is 9.44. The van der Waals surface area contributed by atoms with Gasteiger partial charge in [0.2, 0.25) is 0 Å². The van der Waals surface area contributed by atoms with Crippen molar-refractivity contribution in [3.8, 4) is 5.69 Å². The minimum atomic E-state index is -0.154. The maximum absolute atomic E-state index is 12.7. The second-order valence-electron chi connectivity index (χ2n) is 7.47. The summed E-state index contributed by atoms with van der Waals surface area (Å²) in [5.74, 6) is 1.21. The van der Waals surface area contributed by atoms with Crippen molar-refractivity contribution in [2.45, 2.75) is 31.8 Å². The van der Waals surface area contributed by atoms with Crippen molar-refractivity contribution in [1.82, 2.24) is 29.6 Å². The van der Waals surface area contributed by atoms with Crippen LogP contribution in [0.3, 0.4) is 0 Å². The zero-order valence-electron chi connectivity index (χ0n) is 15.8. The molecule has 0 radical (unpaired) electrons. The SMILES string of the molecule is Cc1ccncc1-n1ncc2c(=O)[nH]c([C@H]3CC[C@@H]3C3N=CC=CN3C)nc21. The van der Waals surface area contributed by atoms with Crippen molar-refractivity contribution in [1.29, 1.82) is 0 Å². The van der Waals surface area contributed by atoms with E-state index in [0.717, 1.165) is 29.9 Å². The largest absolute Gasteiger partial charge is 0.359 e. The van der Waals surface area contributed by atoms with Crippen LogP contribution in [-0.2, 0) is 0 Å². The topological polar surface area (TPSA) is 92.1 Å². The summed E-state index contributed by atoms with van der Waals surface area (Å²) < 4.78 is 1.71. The zero-order valence-corrected chi connectivity index (χ0v) is 15.8. The van der Waals surface area contributed by atoms with Gasteiger partial charge < -0.3 is 9.88 Å². The van der Waals surface area contributed by atoms with Crippen LogP contribution in [0.4, 0.5) is 0 Å². The summed E-state index contributed by atoms with van der Waals surface area (Å²) in [6.45, 7) is 1.99. The van der Waals surface area contributed by atoms with Crippen molar-refractivity contribution in [2.75, 3.05) is 7.05 Å². The second-order valence-corrected chi connectivity index (χ2v) is 7.47. The Balaban J connectivity index is 1.57. The van der Waals surface area contributed by atoms with Gasteiger partial charge in [0.25, 0.3) is 5.56 Å². The Morgan fingerprint density at radius 3 is 2.89 bits per heavy atom. The van der Waals surface area contributed by atoms with Gasteiger partial charge in [-0.15, -0.1) is 0 Å². The highest BCUT2D eigenvalue weighted by atomic mass is 16.1. The zero-order chi connectivity index (χ0) is 19.3. The van der Waals surface area contributed by atoms with Crippen LogP contribution < -0.4 is 5.56 Å². The van der Waals surface area contributed by atoms with Gasteiger partial charge >= 0.3 is 0 Å². The number of nitrogens with zero attached hydrogens (tertiary/aromatic N) is 6. The predicted octanol–water partition coefficient (Wildman–Crippen LogP) is 2.16. The molecule has 0 spiro atoms. The summed E-state index contributed by atoms with van der Waals surface area (Å²) >= 11 is 0. The number of H-pyrrole nitrogens is 1. The minimum absolute atomic E-state index is 0.0789. The third-order valence-corrected chi connectivity index (χ3v) is 5.82. The number of rotatable bonds is 3. The Labute approximate surface area is 161 Å². The fraction of sp³-hybridized carbons (Fsp3) is 0.350. The maximum Gasteiger partial charge on any atom is 0.262 e. The predicted molar refractivity (Wildman–Crippen MR) is 107 cm³/mol. The summed E-state index contributed by atoms with van der Waals surface area (Å²) in [6, 6.07) is 1.92. The first kappa shape index (κ1) is 16.9. The van der Waals surface area contributed by atoms with Gasteiger partial charge in [-0.05, 0) is 37.5 Å². The van der Waals surface area contributed by atoms with E-state index in [9.17, 15) is 4.79 Å². The van der Waals surface area contributed by atoms with Gasteiger partial charge in [-0.1, -0.05) is 0 Å². The molecule has 8 nitrogen and oxygen atoms in total. The van der Waals surface area contributed by atoms with Crippen LogP contribution in [0.15, 0.2) is 46.7 Å². The highest BCUT2D eigenvalue weighted by Crippen LogP contribution is 2.45. The number of fused-ring (bicyclic) bond motifs is 1. The number of aromatic amines is 1. The number of aliphatic imine (C=N–C) groups is 1. The van der Waals surface area contributed by atoms with E-state index in [-0.39, 0.29) is 17.6 Å². The average molecular weight is 375 g/mol. The molecule has 1 aliphatic heterocycles. The molecule has 2 aliphatic rings. The minimum Gasteiger partial charge on any atom is -0.359 e. The number of aryl methyl sites for hydroxylation is 1. The van der Waals surface area contributed by atoms with Crippen LogP contribution in [0, 0.1) is 12.8 Å². The van der Waals surface area contributed by atoms with Crippen molar-refractivity contribution in [2.24, 2.45) is 10.9 Å². The lowest BCUT2D eigenvalue weighted by atomic mass is 9.71. The van der Waals surface area contributed by atoms with Crippen molar-refractivity contribution < 1.29 is 0 Å². The normalized spacial score (nSPS) is 23.9. The molecular formula is C20H21N7O. The third kappa shape index (κ3) is 2.56. The molecule has 0 bridgehead atoms. The molecule has 3 atom stereocenters. The molecule has 1 fully saturated rings. The van der Waals surface area contributed by atoms with E-state index in [0.29, 0.717) is 17.0 Å². The van der Waals surface area contributed by atoms with E-state index < -0.39 is 0 Å². The molecule has 0 amide bonds. The molecule has 5 rings (SSSR count). The van der Waals surface area contributed by atoms with Crippen LogP contribution in [-0.4, -0.2) is 49.1 Å². The van der Waals surface area contributed by atoms with Gasteiger partial charge in [-0.2, -0.15) is 5.10 Å². The molecule has 142 valence electrons. The number of nitrogens with one attached hydrogen (secondary N) is 1. The van der Waals surface area contributed by atoms with Crippen molar-refractivity contribution >= 4 is 17.2 Å². The number of pyridine rings is 1. The molecule has 1 aliphatic carbocycles. The molecule has 28 heavy (non-hydrogen) atoms. The Morgan fingerprint density at radius 2 is 2.14 bits per heavy atom. The van der Waals surface area contributed by atoms with Gasteiger partial charge in [-0.3, -0.25) is 14.8 Å². The highest BCUT2D eigenvalue weighted by Gasteiger charge is 2.41. The first-order chi connectivity index (χ1) is 13.6. The van der Waals surface area contributed by atoms with Crippen LogP contribution >= 0.6 is 0 Å². The van der Waals surface area contributed by atoms with Gasteiger partial charge in [0.05, 0.1) is 18.1 Å². The molecule has 3 aromatic rings. The Kier molecular flexibility index (Phi) is 3.85. The van der Waals surface area contributed by atoms with Gasteiger partial charge in [0.15, 0.2) is 5.65 Å². The number of allylic oxidation sites excluding steroid dienone is 1. The molecule has 3 aromatic heterocycles. The third-order valence-electron chi connectivity index (χ3n) is 5.82. The fourth-order valence-corrected chi connectivity index (χ4v) is 4.10. The Hall–Kier alpha value is -3.29. The van der Waals surface area contributed by atoms with E-state index in [2.05, 4.69) is 25.0 Å². The van der Waals surface area contributed by atoms with Crippen LogP contribution in [0.1, 0.15) is 30.1 Å². The van der Waals surface area contributed by atoms with Crippen LogP contribution in [0.5, 0.6) is 0 Å². The van der Waals surface area contributed by atoms with Crippen molar-refractivity contribution in [3.05, 3.63) is 58.7 Å². The number of aromatic nitrogens is 5. The molecule has 4 heterocycles. The lowest BCUT2D eigenvalue weighted by Gasteiger charge is -2.43. The molecule has 0 aromatic carbocycles. The Morgan fingerprint density at radius 1 is 1.25 bits per heavy atom. The molecular weight excluding hydrogens is 354 g/mol. The van der Waals surface area contributed by atoms with E-state index in [1.54, 1.807) is 23.3 Å². The Bertz CT molecular complexity index is 1160. The summed E-state index contributed by atoms with van der Waals surface area (Å²) in [5.41, 5.74) is 2.27. The average Bonchev–Trinajstić information content (AvgIpc) is 3.07. The number of hydrogen-bond acceptors (Lipinski definition) is 6. The fourth-order valence-electron chi connectivity index (χ4n) is 4.10. The van der Waals surface area contributed by atoms with Crippen LogP contribution in [0.25, 0.3) is 16.7 Å². The molecule has 1 N–H and O–H groups in total. The molecule has 1 unspecified atom stereocenters. The standard InChI is InChI=1S/C20H21N7O/c1-12-6-8-21-11-16(12)27-19-15(10-23-27)20(28)25-17(24-19)13-4-5-14(13)18-22-7-3-9-26(18)2/h3,6-11,13-14,18H,4-5H2,1-2H3,(H,24,25,28)/t13-,14-,18?/m0/s1. The summed E-state index contributed by atoms with van der Waals surface area (Å²) in [7, 11) is 2.03. The smallest absolute Gasteiger partial charge is 0.262 e. The summed E-state index contributed by atoms with van der Waals surface area (Å²) in [5, 5.41) is 4.89. The lowest BCUT2D eigenvalue weighted by molar-refractivity contribution is 0.126. The maximum atomic E-state index is 12.7. The van der Waals surface area contributed by atoms with E-state index in [1.807, 2.05) is 38.5 Å². The quantitative estimate of drug-likeness (QED) is 0.757.